The average molecular weight is 419 g/mol. The highest BCUT2D eigenvalue weighted by Gasteiger charge is 2.36. The minimum absolute atomic E-state index is 0.0931. The Bertz CT molecular complexity index is 1190. The van der Waals surface area contributed by atoms with Crippen molar-refractivity contribution in [3.8, 4) is 5.88 Å². The molecule has 2 heterocycles. The Morgan fingerprint density at radius 3 is 2.66 bits per heavy atom. The van der Waals surface area contributed by atoms with E-state index in [1.807, 2.05) is 13.8 Å². The van der Waals surface area contributed by atoms with Gasteiger partial charge in [0.1, 0.15) is 16.3 Å². The van der Waals surface area contributed by atoms with Gasteiger partial charge in [-0.2, -0.15) is 5.10 Å². The highest BCUT2D eigenvalue weighted by Crippen LogP contribution is 2.42. The molecule has 1 aromatic carbocycles. The zero-order valence-electron chi connectivity index (χ0n) is 16.2. The molecule has 10 heteroatoms. The van der Waals surface area contributed by atoms with Crippen molar-refractivity contribution in [2.24, 2.45) is 9.50 Å². The standard InChI is InChI=1S/C19H22FN5O3S/c1-19(2)9-25-17(28-19)14(8-22-25)29(21,27)24-18(26)23-16-12-5-3-4-10(12)15(20)11-6-7-13(11)16/h8H,3-7,9H2,1-2H3,(H3,21,23,24,26,27). The molecule has 0 bridgehead atoms. The molecule has 2 aromatic rings. The summed E-state index contributed by atoms with van der Waals surface area (Å²) in [6.07, 6.45) is 4.90. The Hall–Kier alpha value is -2.46. The lowest BCUT2D eigenvalue weighted by Crippen LogP contribution is -2.27. The van der Waals surface area contributed by atoms with E-state index in [2.05, 4.69) is 14.8 Å². The Morgan fingerprint density at radius 1 is 1.28 bits per heavy atom. The number of amides is 2. The normalized spacial score (nSPS) is 20.0. The number of halogens is 1. The number of hydrogen-bond donors (Lipinski definition) is 2. The van der Waals surface area contributed by atoms with Gasteiger partial charge in [0, 0.05) is 5.69 Å². The largest absolute Gasteiger partial charge is 0.469 e. The van der Waals surface area contributed by atoms with Crippen LogP contribution in [0.25, 0.3) is 0 Å². The zero-order chi connectivity index (χ0) is 20.6. The van der Waals surface area contributed by atoms with Gasteiger partial charge in [0.05, 0.1) is 12.7 Å². The topological polar surface area (TPSA) is 112 Å². The molecule has 0 saturated heterocycles. The zero-order valence-corrected chi connectivity index (χ0v) is 17.1. The van der Waals surface area contributed by atoms with E-state index in [1.54, 1.807) is 4.68 Å². The number of fused-ring (bicyclic) bond motifs is 3. The van der Waals surface area contributed by atoms with Crippen molar-refractivity contribution < 1.29 is 18.1 Å². The van der Waals surface area contributed by atoms with Crippen molar-refractivity contribution >= 4 is 21.6 Å². The molecule has 29 heavy (non-hydrogen) atoms. The average Bonchev–Trinajstić information content (AvgIpc) is 3.24. The van der Waals surface area contributed by atoms with Crippen LogP contribution in [-0.4, -0.2) is 25.6 Å². The predicted octanol–water partition coefficient (Wildman–Crippen LogP) is 2.71. The molecule has 2 aliphatic carbocycles. The van der Waals surface area contributed by atoms with Gasteiger partial charge >= 0.3 is 6.03 Å². The first-order chi connectivity index (χ1) is 13.7. The second-order valence-electron chi connectivity index (χ2n) is 8.38. The van der Waals surface area contributed by atoms with Gasteiger partial charge in [-0.1, -0.05) is 0 Å². The summed E-state index contributed by atoms with van der Waals surface area (Å²) in [7, 11) is -3.56. The van der Waals surface area contributed by atoms with Crippen LogP contribution in [0, 0.1) is 5.82 Å². The maximum Gasteiger partial charge on any atom is 0.354 e. The van der Waals surface area contributed by atoms with Crippen LogP contribution < -0.4 is 15.2 Å². The fourth-order valence-corrected chi connectivity index (χ4v) is 5.39. The van der Waals surface area contributed by atoms with Crippen LogP contribution in [0.2, 0.25) is 0 Å². The maximum absolute atomic E-state index is 14.6. The van der Waals surface area contributed by atoms with Crippen molar-refractivity contribution in [1.82, 2.24) is 9.78 Å². The molecule has 0 fully saturated rings. The van der Waals surface area contributed by atoms with Crippen molar-refractivity contribution in [3.05, 3.63) is 34.3 Å². The van der Waals surface area contributed by atoms with E-state index < -0.39 is 21.5 Å². The highest BCUT2D eigenvalue weighted by atomic mass is 32.2. The number of nitrogens with one attached hydrogen (secondary N) is 1. The van der Waals surface area contributed by atoms with E-state index in [4.69, 9.17) is 9.88 Å². The van der Waals surface area contributed by atoms with Crippen LogP contribution in [0.1, 0.15) is 42.5 Å². The number of rotatable bonds is 2. The summed E-state index contributed by atoms with van der Waals surface area (Å²) in [5, 5.41) is 12.8. The molecule has 0 spiro atoms. The third-order valence-corrected chi connectivity index (χ3v) is 7.12. The number of benzene rings is 1. The molecule has 3 N–H and O–H groups in total. The number of hydrogen-bond acceptors (Lipinski definition) is 4. The first-order valence-electron chi connectivity index (χ1n) is 9.62. The number of carbonyl (C=O) groups excluding carboxylic acids is 1. The summed E-state index contributed by atoms with van der Waals surface area (Å²) in [4.78, 5) is 12.7. The third kappa shape index (κ3) is 2.84. The molecule has 1 aliphatic heterocycles. The molecule has 154 valence electrons. The number of carbonyl (C=O) groups is 1. The molecule has 2 amide bonds. The second kappa shape index (κ2) is 6.02. The van der Waals surface area contributed by atoms with Crippen molar-refractivity contribution in [3.63, 3.8) is 0 Å². The Balaban J connectivity index is 1.48. The van der Waals surface area contributed by atoms with Gasteiger partial charge in [0.15, 0.2) is 9.92 Å². The van der Waals surface area contributed by atoms with E-state index in [0.29, 0.717) is 49.0 Å². The van der Waals surface area contributed by atoms with Crippen molar-refractivity contribution in [1.29, 1.82) is 0 Å². The summed E-state index contributed by atoms with van der Waals surface area (Å²) in [5.74, 6) is 0.136. The summed E-state index contributed by atoms with van der Waals surface area (Å²) in [6, 6.07) is -0.815. The summed E-state index contributed by atoms with van der Waals surface area (Å²) in [6.45, 7) is 4.23. The summed E-state index contributed by atoms with van der Waals surface area (Å²) < 4.78 is 38.7. The first kappa shape index (κ1) is 18.6. The number of urea groups is 1. The number of anilines is 1. The van der Waals surface area contributed by atoms with Crippen LogP contribution in [0.3, 0.4) is 0 Å². The minimum Gasteiger partial charge on any atom is -0.469 e. The van der Waals surface area contributed by atoms with Gasteiger partial charge in [0.2, 0.25) is 5.88 Å². The van der Waals surface area contributed by atoms with Crippen LogP contribution in [0.5, 0.6) is 5.88 Å². The summed E-state index contributed by atoms with van der Waals surface area (Å²) >= 11 is 0. The number of nitrogens with two attached hydrogens (primary N) is 1. The molecular formula is C19H22FN5O3S. The monoisotopic (exact) mass is 419 g/mol. The molecule has 0 saturated carbocycles. The lowest BCUT2D eigenvalue weighted by Gasteiger charge is -2.26. The van der Waals surface area contributed by atoms with E-state index >= 15 is 0 Å². The summed E-state index contributed by atoms with van der Waals surface area (Å²) in [5.41, 5.74) is 3.09. The van der Waals surface area contributed by atoms with Gasteiger partial charge in [-0.05, 0) is 68.2 Å². The number of nitrogens with zero attached hydrogens (tertiary/aromatic N) is 3. The molecule has 5 rings (SSSR count). The van der Waals surface area contributed by atoms with Crippen LogP contribution in [-0.2, 0) is 42.1 Å². The van der Waals surface area contributed by atoms with Gasteiger partial charge in [-0.25, -0.2) is 23.2 Å². The first-order valence-corrected chi connectivity index (χ1v) is 11.2. The fraction of sp³-hybridized carbons (Fsp3) is 0.474. The van der Waals surface area contributed by atoms with Crippen molar-refractivity contribution in [2.45, 2.75) is 63.0 Å². The van der Waals surface area contributed by atoms with Gasteiger partial charge < -0.3 is 10.1 Å². The molecule has 8 nitrogen and oxygen atoms in total. The van der Waals surface area contributed by atoms with E-state index in [0.717, 1.165) is 17.5 Å². The van der Waals surface area contributed by atoms with E-state index in [1.165, 1.54) is 6.20 Å². The Labute approximate surface area is 167 Å². The highest BCUT2D eigenvalue weighted by molar-refractivity contribution is 7.91. The lowest BCUT2D eigenvalue weighted by atomic mass is 9.83. The Morgan fingerprint density at radius 2 is 1.93 bits per heavy atom. The predicted molar refractivity (Wildman–Crippen MR) is 105 cm³/mol. The van der Waals surface area contributed by atoms with Crippen LogP contribution in [0.4, 0.5) is 14.9 Å². The molecule has 3 aliphatic rings. The molecule has 0 radical (unpaired) electrons. The van der Waals surface area contributed by atoms with Crippen LogP contribution in [0.15, 0.2) is 15.5 Å². The lowest BCUT2D eigenvalue weighted by molar-refractivity contribution is 0.132. The Kier molecular flexibility index (Phi) is 3.85. The maximum atomic E-state index is 14.6. The van der Waals surface area contributed by atoms with Gasteiger partial charge in [-0.3, -0.25) is 0 Å². The van der Waals surface area contributed by atoms with Gasteiger partial charge in [0.25, 0.3) is 0 Å². The molecule has 1 atom stereocenters. The van der Waals surface area contributed by atoms with Crippen LogP contribution >= 0.6 is 0 Å². The fourth-order valence-electron chi connectivity index (χ4n) is 4.40. The molecular weight excluding hydrogens is 397 g/mol. The van der Waals surface area contributed by atoms with E-state index in [9.17, 15) is 13.4 Å². The molecule has 1 aromatic heterocycles. The number of aromatic nitrogens is 2. The smallest absolute Gasteiger partial charge is 0.354 e. The second-order valence-corrected chi connectivity index (χ2v) is 10.1. The SMILES string of the molecule is CC1(C)Cn2ncc(S(N)(=O)=NC(=O)Nc3c4c(c(F)c5c3CC5)CCC4)c2O1. The quantitative estimate of drug-likeness (QED) is 0.779. The van der Waals surface area contributed by atoms with E-state index in [-0.39, 0.29) is 16.6 Å². The third-order valence-electron chi connectivity index (χ3n) is 5.77. The van der Waals surface area contributed by atoms with Gasteiger partial charge in [-0.15, -0.1) is 4.36 Å². The van der Waals surface area contributed by atoms with Crippen molar-refractivity contribution in [2.75, 3.05) is 5.32 Å². The molecule has 1 unspecified atom stereocenters. The number of ether oxygens (including phenoxy) is 1. The minimum atomic E-state index is -3.56.